The van der Waals surface area contributed by atoms with Crippen LogP contribution in [0.4, 0.5) is 23.2 Å². The summed E-state index contributed by atoms with van der Waals surface area (Å²) in [5.74, 6) is -1.23. The van der Waals surface area contributed by atoms with Gasteiger partial charge >= 0.3 is 6.18 Å². The van der Waals surface area contributed by atoms with Crippen LogP contribution in [0.15, 0.2) is 18.2 Å². The highest BCUT2D eigenvalue weighted by molar-refractivity contribution is 5.50. The Bertz CT molecular complexity index is 483. The third-order valence-electron chi connectivity index (χ3n) is 3.41. The third kappa shape index (κ3) is 3.42. The molecule has 0 spiro atoms. The molecule has 2 nitrogen and oxygen atoms in total. The number of anilines is 1. The fraction of sp³-hybridized carbons (Fsp3) is 0.571. The predicted octanol–water partition coefficient (Wildman–Crippen LogP) is 3.42. The molecular formula is C14H18F4N2. The second-order valence-corrected chi connectivity index (χ2v) is 5.75. The maximum absolute atomic E-state index is 13.3. The quantitative estimate of drug-likeness (QED) is 0.797. The van der Waals surface area contributed by atoms with E-state index >= 15 is 0 Å². The first-order chi connectivity index (χ1) is 9.19. The van der Waals surface area contributed by atoms with Gasteiger partial charge in [0.2, 0.25) is 0 Å². The molecule has 1 saturated heterocycles. The van der Waals surface area contributed by atoms with Gasteiger partial charge in [-0.15, -0.1) is 0 Å². The lowest BCUT2D eigenvalue weighted by molar-refractivity contribution is -0.139. The number of nitrogens with zero attached hydrogens (tertiary/aromatic N) is 1. The summed E-state index contributed by atoms with van der Waals surface area (Å²) in [4.78, 5) is 1.87. The summed E-state index contributed by atoms with van der Waals surface area (Å²) in [6.45, 7) is 6.05. The normalized spacial score (nSPS) is 19.8. The highest BCUT2D eigenvalue weighted by atomic mass is 19.4. The Labute approximate surface area is 115 Å². The number of hydrogen-bond donors (Lipinski definition) is 1. The van der Waals surface area contributed by atoms with Gasteiger partial charge in [0, 0.05) is 24.3 Å². The number of alkyl halides is 3. The van der Waals surface area contributed by atoms with Crippen LogP contribution in [0, 0.1) is 5.82 Å². The van der Waals surface area contributed by atoms with Crippen molar-refractivity contribution < 1.29 is 17.6 Å². The molecule has 0 aliphatic carbocycles. The van der Waals surface area contributed by atoms with Gasteiger partial charge in [-0.25, -0.2) is 4.39 Å². The molecule has 20 heavy (non-hydrogen) atoms. The lowest BCUT2D eigenvalue weighted by atomic mass is 10.0. The lowest BCUT2D eigenvalue weighted by Gasteiger charge is -2.31. The summed E-state index contributed by atoms with van der Waals surface area (Å²) in [6, 6.07) is 3.20. The molecule has 0 aromatic heterocycles. The van der Waals surface area contributed by atoms with Crippen LogP contribution in [0.25, 0.3) is 0 Å². The smallest absolute Gasteiger partial charge is 0.370 e. The van der Waals surface area contributed by atoms with Gasteiger partial charge < -0.3 is 10.2 Å². The summed E-state index contributed by atoms with van der Waals surface area (Å²) in [5, 5.41) is 3.34. The van der Waals surface area contributed by atoms with Gasteiger partial charge in [-0.1, -0.05) is 0 Å². The molecule has 0 unspecified atom stereocenters. The van der Waals surface area contributed by atoms with Gasteiger partial charge in [-0.2, -0.15) is 13.2 Å². The van der Waals surface area contributed by atoms with E-state index in [1.54, 1.807) is 0 Å². The molecule has 1 fully saturated rings. The Morgan fingerprint density at radius 1 is 1.25 bits per heavy atom. The maximum atomic E-state index is 13.3. The lowest BCUT2D eigenvalue weighted by Crippen LogP contribution is -2.46. The van der Waals surface area contributed by atoms with Gasteiger partial charge in [0.15, 0.2) is 0 Å². The van der Waals surface area contributed by atoms with E-state index in [1.165, 1.54) is 6.07 Å². The van der Waals surface area contributed by atoms with Crippen molar-refractivity contribution in [1.29, 1.82) is 0 Å². The number of rotatable bonds is 1. The minimum Gasteiger partial charge on any atom is -0.370 e. The molecule has 1 heterocycles. The van der Waals surface area contributed by atoms with E-state index in [-0.39, 0.29) is 5.54 Å². The first kappa shape index (κ1) is 15.1. The molecule has 0 amide bonds. The van der Waals surface area contributed by atoms with Crippen LogP contribution in [0.1, 0.15) is 25.8 Å². The zero-order chi connectivity index (χ0) is 15.0. The van der Waals surface area contributed by atoms with Crippen molar-refractivity contribution in [3.8, 4) is 0 Å². The third-order valence-corrected chi connectivity index (χ3v) is 3.41. The zero-order valence-corrected chi connectivity index (χ0v) is 11.5. The zero-order valence-electron chi connectivity index (χ0n) is 11.5. The Hall–Kier alpha value is -1.30. The molecule has 6 heteroatoms. The average molecular weight is 290 g/mol. The largest absolute Gasteiger partial charge is 0.419 e. The standard InChI is InChI=1S/C14H18F4N2/c1-13(2)9-20(7-3-6-19-13)10-4-5-12(15)11(8-10)14(16,17)18/h4-5,8,19H,3,6-7,9H2,1-2H3. The van der Waals surface area contributed by atoms with Crippen molar-refractivity contribution in [3.63, 3.8) is 0 Å². The number of halogens is 4. The van der Waals surface area contributed by atoms with E-state index in [0.717, 1.165) is 25.1 Å². The number of benzene rings is 1. The summed E-state index contributed by atoms with van der Waals surface area (Å²) < 4.78 is 51.6. The molecule has 1 N–H and O–H groups in total. The fourth-order valence-electron chi connectivity index (χ4n) is 2.46. The van der Waals surface area contributed by atoms with Crippen LogP contribution in [-0.4, -0.2) is 25.2 Å². The van der Waals surface area contributed by atoms with Crippen molar-refractivity contribution in [3.05, 3.63) is 29.6 Å². The van der Waals surface area contributed by atoms with Gasteiger partial charge in [0.1, 0.15) is 5.82 Å². The van der Waals surface area contributed by atoms with E-state index in [1.807, 2.05) is 18.7 Å². The Morgan fingerprint density at radius 2 is 1.95 bits per heavy atom. The molecule has 1 aliphatic rings. The second kappa shape index (κ2) is 5.24. The van der Waals surface area contributed by atoms with Crippen molar-refractivity contribution in [2.24, 2.45) is 0 Å². The molecule has 1 aromatic carbocycles. The maximum Gasteiger partial charge on any atom is 0.419 e. The number of nitrogens with one attached hydrogen (secondary N) is 1. The topological polar surface area (TPSA) is 15.3 Å². The first-order valence-electron chi connectivity index (χ1n) is 6.56. The van der Waals surface area contributed by atoms with Crippen LogP contribution >= 0.6 is 0 Å². The highest BCUT2D eigenvalue weighted by Gasteiger charge is 2.35. The Balaban J connectivity index is 2.33. The minimum atomic E-state index is -4.67. The molecule has 112 valence electrons. The fourth-order valence-corrected chi connectivity index (χ4v) is 2.46. The van der Waals surface area contributed by atoms with Crippen molar-refractivity contribution >= 4 is 5.69 Å². The van der Waals surface area contributed by atoms with E-state index in [4.69, 9.17) is 0 Å². The SMILES string of the molecule is CC1(C)CN(c2ccc(F)c(C(F)(F)F)c2)CCCN1. The molecule has 2 rings (SSSR count). The summed E-state index contributed by atoms with van der Waals surface area (Å²) in [7, 11) is 0. The monoisotopic (exact) mass is 290 g/mol. The molecule has 0 saturated carbocycles. The van der Waals surface area contributed by atoms with Gasteiger partial charge in [-0.3, -0.25) is 0 Å². The summed E-state index contributed by atoms with van der Waals surface area (Å²) in [5.41, 5.74) is -0.982. The second-order valence-electron chi connectivity index (χ2n) is 5.75. The minimum absolute atomic E-state index is 0.191. The van der Waals surface area contributed by atoms with E-state index in [2.05, 4.69) is 5.32 Å². The van der Waals surface area contributed by atoms with E-state index < -0.39 is 17.6 Å². The molecule has 1 aromatic rings. The van der Waals surface area contributed by atoms with Crippen molar-refractivity contribution in [2.45, 2.75) is 32.0 Å². The van der Waals surface area contributed by atoms with Crippen LogP contribution < -0.4 is 10.2 Å². The molecule has 0 atom stereocenters. The first-order valence-corrected chi connectivity index (χ1v) is 6.56. The number of hydrogen-bond acceptors (Lipinski definition) is 2. The van der Waals surface area contributed by atoms with Crippen LogP contribution in [0.5, 0.6) is 0 Å². The average Bonchev–Trinajstić information content (AvgIpc) is 2.49. The van der Waals surface area contributed by atoms with Crippen LogP contribution in [-0.2, 0) is 6.18 Å². The van der Waals surface area contributed by atoms with E-state index in [9.17, 15) is 17.6 Å². The molecule has 0 radical (unpaired) electrons. The molecule has 0 bridgehead atoms. The van der Waals surface area contributed by atoms with Crippen molar-refractivity contribution in [2.75, 3.05) is 24.5 Å². The van der Waals surface area contributed by atoms with E-state index in [0.29, 0.717) is 18.8 Å². The highest BCUT2D eigenvalue weighted by Crippen LogP contribution is 2.34. The molecule has 1 aliphatic heterocycles. The molecular weight excluding hydrogens is 272 g/mol. The van der Waals surface area contributed by atoms with Gasteiger partial charge in [0.05, 0.1) is 5.56 Å². The van der Waals surface area contributed by atoms with Crippen LogP contribution in [0.2, 0.25) is 0 Å². The van der Waals surface area contributed by atoms with Gasteiger partial charge in [0.25, 0.3) is 0 Å². The van der Waals surface area contributed by atoms with Gasteiger partial charge in [-0.05, 0) is 45.0 Å². The Kier molecular flexibility index (Phi) is 3.95. The predicted molar refractivity (Wildman–Crippen MR) is 70.3 cm³/mol. The Morgan fingerprint density at radius 3 is 2.60 bits per heavy atom. The van der Waals surface area contributed by atoms with Crippen molar-refractivity contribution in [1.82, 2.24) is 5.32 Å². The van der Waals surface area contributed by atoms with Crippen LogP contribution in [0.3, 0.4) is 0 Å². The summed E-state index contributed by atoms with van der Waals surface area (Å²) in [6.07, 6.45) is -3.83. The summed E-state index contributed by atoms with van der Waals surface area (Å²) >= 11 is 0.